The van der Waals surface area contributed by atoms with Gasteiger partial charge in [0.05, 0.1) is 6.61 Å². The standard InChI is InChI=1S/C24H35N3O9/c1-13(2)17(26-24(34)35-12-14-7-4-3-5-8-14)22(32)27-10-6-9-15(27)21(31)25-18-20(30)19(29)16(11-28)36-23(18)33/h3-5,7-8,13,15-20,23,28-30,33H,6,9-12H2,1-2H3,(H,25,31)(H,26,34)/t15-,16+,17-,18+,19+,20+,23+/m0/s1. The molecule has 2 aliphatic heterocycles. The van der Waals surface area contributed by atoms with Gasteiger partial charge in [-0.3, -0.25) is 9.59 Å². The first-order chi connectivity index (χ1) is 17.1. The highest BCUT2D eigenvalue weighted by molar-refractivity contribution is 5.92. The topological polar surface area (TPSA) is 178 Å². The Morgan fingerprint density at radius 3 is 2.47 bits per heavy atom. The van der Waals surface area contributed by atoms with Gasteiger partial charge in [-0.2, -0.15) is 0 Å². The Hall–Kier alpha value is -2.77. The van der Waals surface area contributed by atoms with Gasteiger partial charge in [0.1, 0.15) is 43.0 Å². The molecule has 0 aliphatic carbocycles. The molecule has 3 amide bonds. The summed E-state index contributed by atoms with van der Waals surface area (Å²) in [5.74, 6) is -1.40. The molecule has 7 atom stereocenters. The fourth-order valence-electron chi connectivity index (χ4n) is 4.40. The monoisotopic (exact) mass is 509 g/mol. The zero-order valence-electron chi connectivity index (χ0n) is 20.3. The van der Waals surface area contributed by atoms with Gasteiger partial charge in [-0.25, -0.2) is 4.79 Å². The normalized spacial score (nSPS) is 29.0. The van der Waals surface area contributed by atoms with Crippen LogP contribution in [0, 0.1) is 5.92 Å². The van der Waals surface area contributed by atoms with Crippen LogP contribution in [0.2, 0.25) is 0 Å². The summed E-state index contributed by atoms with van der Waals surface area (Å²) in [4.78, 5) is 40.1. The molecular weight excluding hydrogens is 474 g/mol. The van der Waals surface area contributed by atoms with E-state index in [1.807, 2.05) is 18.2 Å². The summed E-state index contributed by atoms with van der Waals surface area (Å²) < 4.78 is 10.3. The molecule has 12 heteroatoms. The van der Waals surface area contributed by atoms with Gasteiger partial charge in [0.25, 0.3) is 0 Å². The summed E-state index contributed by atoms with van der Waals surface area (Å²) in [5.41, 5.74) is 0.794. The molecule has 0 bridgehead atoms. The Bertz CT molecular complexity index is 900. The van der Waals surface area contributed by atoms with Gasteiger partial charge in [-0.15, -0.1) is 0 Å². The van der Waals surface area contributed by atoms with Gasteiger partial charge in [0, 0.05) is 6.54 Å². The Kier molecular flexibility index (Phi) is 9.63. The van der Waals surface area contributed by atoms with Crippen molar-refractivity contribution in [3.63, 3.8) is 0 Å². The molecule has 1 aromatic rings. The molecule has 0 aromatic heterocycles. The van der Waals surface area contributed by atoms with Crippen LogP contribution in [-0.4, -0.2) is 99.1 Å². The van der Waals surface area contributed by atoms with Crippen molar-refractivity contribution in [3.05, 3.63) is 35.9 Å². The summed E-state index contributed by atoms with van der Waals surface area (Å²) in [5, 5.41) is 44.8. The van der Waals surface area contributed by atoms with E-state index in [4.69, 9.17) is 9.47 Å². The number of rotatable bonds is 8. The summed E-state index contributed by atoms with van der Waals surface area (Å²) in [7, 11) is 0. The maximum atomic E-state index is 13.4. The number of amides is 3. The smallest absolute Gasteiger partial charge is 0.408 e. The van der Waals surface area contributed by atoms with Crippen LogP contribution in [-0.2, 0) is 25.7 Å². The number of carbonyl (C=O) groups is 3. The fraction of sp³-hybridized carbons (Fsp3) is 0.625. The molecule has 0 spiro atoms. The van der Waals surface area contributed by atoms with Crippen LogP contribution < -0.4 is 10.6 Å². The zero-order valence-corrected chi connectivity index (χ0v) is 20.3. The van der Waals surface area contributed by atoms with E-state index in [0.29, 0.717) is 12.8 Å². The number of likely N-dealkylation sites (tertiary alicyclic amines) is 1. The molecular formula is C24H35N3O9. The van der Waals surface area contributed by atoms with Crippen LogP contribution in [0.1, 0.15) is 32.3 Å². The Labute approximate surface area is 209 Å². The van der Waals surface area contributed by atoms with Crippen LogP contribution in [0.15, 0.2) is 30.3 Å². The molecule has 3 rings (SSSR count). The molecule has 2 saturated heterocycles. The summed E-state index contributed by atoms with van der Waals surface area (Å²) >= 11 is 0. The van der Waals surface area contributed by atoms with Gasteiger partial charge in [-0.1, -0.05) is 44.2 Å². The number of benzene rings is 1. The van der Waals surface area contributed by atoms with E-state index >= 15 is 0 Å². The van der Waals surface area contributed by atoms with E-state index in [-0.39, 0.29) is 19.1 Å². The highest BCUT2D eigenvalue weighted by Gasteiger charge is 2.46. The Balaban J connectivity index is 1.62. The molecule has 0 saturated carbocycles. The van der Waals surface area contributed by atoms with Crippen molar-refractivity contribution in [1.82, 2.24) is 15.5 Å². The average molecular weight is 510 g/mol. The number of hydrogen-bond donors (Lipinski definition) is 6. The minimum atomic E-state index is -1.67. The largest absolute Gasteiger partial charge is 0.445 e. The van der Waals surface area contributed by atoms with Crippen LogP contribution in [0.4, 0.5) is 4.79 Å². The molecule has 6 N–H and O–H groups in total. The van der Waals surface area contributed by atoms with Crippen LogP contribution >= 0.6 is 0 Å². The molecule has 200 valence electrons. The van der Waals surface area contributed by atoms with Gasteiger partial charge < -0.3 is 45.4 Å². The minimum Gasteiger partial charge on any atom is -0.445 e. The van der Waals surface area contributed by atoms with Crippen LogP contribution in [0.5, 0.6) is 0 Å². The maximum Gasteiger partial charge on any atom is 0.408 e. The lowest BCUT2D eigenvalue weighted by molar-refractivity contribution is -0.254. The Morgan fingerprint density at radius 2 is 1.83 bits per heavy atom. The van der Waals surface area contributed by atoms with Gasteiger partial charge in [-0.05, 0) is 24.3 Å². The lowest BCUT2D eigenvalue weighted by atomic mass is 9.96. The van der Waals surface area contributed by atoms with Crippen LogP contribution in [0.3, 0.4) is 0 Å². The summed E-state index contributed by atoms with van der Waals surface area (Å²) in [6.07, 6.45) is -5.88. The molecule has 12 nitrogen and oxygen atoms in total. The van der Waals surface area contributed by atoms with Gasteiger partial charge in [0.15, 0.2) is 6.29 Å². The summed E-state index contributed by atoms with van der Waals surface area (Å²) in [6.45, 7) is 3.21. The maximum absolute atomic E-state index is 13.4. The van der Waals surface area contributed by atoms with E-state index < -0.39 is 67.2 Å². The number of ether oxygens (including phenoxy) is 2. The molecule has 1 aromatic carbocycles. The number of aliphatic hydroxyl groups excluding tert-OH is 4. The average Bonchev–Trinajstić information content (AvgIpc) is 3.36. The van der Waals surface area contributed by atoms with E-state index in [1.165, 1.54) is 4.90 Å². The third-order valence-corrected chi connectivity index (χ3v) is 6.47. The molecule has 0 radical (unpaired) electrons. The number of aliphatic hydroxyl groups is 4. The predicted molar refractivity (Wildman–Crippen MR) is 125 cm³/mol. The third kappa shape index (κ3) is 6.51. The summed E-state index contributed by atoms with van der Waals surface area (Å²) in [6, 6.07) is 5.88. The quantitative estimate of drug-likeness (QED) is 0.252. The number of carbonyl (C=O) groups excluding carboxylic acids is 3. The first kappa shape index (κ1) is 27.8. The fourth-order valence-corrected chi connectivity index (χ4v) is 4.40. The van der Waals surface area contributed by atoms with Crippen LogP contribution in [0.25, 0.3) is 0 Å². The zero-order chi connectivity index (χ0) is 26.4. The van der Waals surface area contributed by atoms with Crippen molar-refractivity contribution in [2.24, 2.45) is 5.92 Å². The highest BCUT2D eigenvalue weighted by Crippen LogP contribution is 2.23. The second-order valence-corrected chi connectivity index (χ2v) is 9.38. The molecule has 0 unspecified atom stereocenters. The SMILES string of the molecule is CC(C)[C@H](NC(=O)OCc1ccccc1)C(=O)N1CCC[C@H]1C(=O)N[C@@H]1[C@@H](O)[C@H](O)[C@@H](CO)O[C@H]1O. The minimum absolute atomic E-state index is 0.0392. The van der Waals surface area contributed by atoms with Gasteiger partial charge in [0.2, 0.25) is 11.8 Å². The first-order valence-electron chi connectivity index (χ1n) is 12.0. The van der Waals surface area contributed by atoms with Crippen molar-refractivity contribution in [3.8, 4) is 0 Å². The highest BCUT2D eigenvalue weighted by atomic mass is 16.6. The van der Waals surface area contributed by atoms with Crippen molar-refractivity contribution in [2.45, 2.75) is 76.0 Å². The van der Waals surface area contributed by atoms with Crippen molar-refractivity contribution in [2.75, 3.05) is 13.2 Å². The molecule has 36 heavy (non-hydrogen) atoms. The van der Waals surface area contributed by atoms with E-state index in [2.05, 4.69) is 10.6 Å². The number of hydrogen-bond acceptors (Lipinski definition) is 9. The number of alkyl carbamates (subject to hydrolysis) is 1. The molecule has 2 fully saturated rings. The first-order valence-corrected chi connectivity index (χ1v) is 12.0. The van der Waals surface area contributed by atoms with Crippen molar-refractivity contribution >= 4 is 17.9 Å². The van der Waals surface area contributed by atoms with Crippen molar-refractivity contribution < 1.29 is 44.3 Å². The third-order valence-electron chi connectivity index (χ3n) is 6.47. The van der Waals surface area contributed by atoms with Crippen molar-refractivity contribution in [1.29, 1.82) is 0 Å². The number of nitrogens with one attached hydrogen (secondary N) is 2. The van der Waals surface area contributed by atoms with E-state index in [9.17, 15) is 34.8 Å². The molecule has 2 heterocycles. The predicted octanol–water partition coefficient (Wildman–Crippen LogP) is -1.16. The van der Waals surface area contributed by atoms with Gasteiger partial charge >= 0.3 is 6.09 Å². The molecule has 2 aliphatic rings. The lowest BCUT2D eigenvalue weighted by Gasteiger charge is -2.41. The Morgan fingerprint density at radius 1 is 1.14 bits per heavy atom. The second-order valence-electron chi connectivity index (χ2n) is 9.38. The lowest BCUT2D eigenvalue weighted by Crippen LogP contribution is -2.65. The number of nitrogens with zero attached hydrogens (tertiary/aromatic N) is 1. The second kappa shape index (κ2) is 12.5. The van der Waals surface area contributed by atoms with E-state index in [0.717, 1.165) is 5.56 Å². The van der Waals surface area contributed by atoms with E-state index in [1.54, 1.807) is 26.0 Å².